The molecule has 0 saturated carbocycles. The van der Waals surface area contributed by atoms with E-state index in [0.717, 1.165) is 29.8 Å². The molecular formula is C20H21ClN2O3. The summed E-state index contributed by atoms with van der Waals surface area (Å²) in [6, 6.07) is 9.40. The fraction of sp³-hybridized carbons (Fsp3) is 0.350. The number of hydrogen-bond acceptors (Lipinski definition) is 4. The maximum Gasteiger partial charge on any atom is 0.287 e. The van der Waals surface area contributed by atoms with Gasteiger partial charge in [-0.15, -0.1) is 0 Å². The molecule has 1 saturated heterocycles. The Balaban J connectivity index is 1.54. The van der Waals surface area contributed by atoms with Gasteiger partial charge in [-0.1, -0.05) is 23.7 Å². The fourth-order valence-electron chi connectivity index (χ4n) is 3.64. The van der Waals surface area contributed by atoms with Crippen molar-refractivity contribution in [1.29, 1.82) is 0 Å². The van der Waals surface area contributed by atoms with Crippen molar-refractivity contribution in [3.63, 3.8) is 0 Å². The van der Waals surface area contributed by atoms with Gasteiger partial charge in [-0.3, -0.25) is 9.69 Å². The SMILES string of the molecule is Cc1c(C(=O)NCC(c2ccco2)N2CCCC2)oc2c(Cl)cccc12. The number of halogens is 1. The molecule has 1 fully saturated rings. The van der Waals surface area contributed by atoms with E-state index >= 15 is 0 Å². The highest BCUT2D eigenvalue weighted by atomic mass is 35.5. The predicted molar refractivity (Wildman–Crippen MR) is 101 cm³/mol. The summed E-state index contributed by atoms with van der Waals surface area (Å²) in [7, 11) is 0. The van der Waals surface area contributed by atoms with Crippen LogP contribution < -0.4 is 5.32 Å². The number of carbonyl (C=O) groups is 1. The monoisotopic (exact) mass is 372 g/mol. The van der Waals surface area contributed by atoms with Crippen LogP contribution in [0, 0.1) is 6.92 Å². The maximum absolute atomic E-state index is 12.7. The molecule has 6 heteroatoms. The maximum atomic E-state index is 12.7. The second kappa shape index (κ2) is 7.17. The van der Waals surface area contributed by atoms with E-state index < -0.39 is 0 Å². The summed E-state index contributed by atoms with van der Waals surface area (Å²) in [5.41, 5.74) is 1.36. The number of nitrogens with zero attached hydrogens (tertiary/aromatic N) is 1. The molecule has 1 unspecified atom stereocenters. The van der Waals surface area contributed by atoms with Gasteiger partial charge in [0.15, 0.2) is 11.3 Å². The summed E-state index contributed by atoms with van der Waals surface area (Å²) in [6.45, 7) is 4.37. The topological polar surface area (TPSA) is 58.6 Å². The highest BCUT2D eigenvalue weighted by molar-refractivity contribution is 6.35. The molecule has 1 atom stereocenters. The van der Waals surface area contributed by atoms with E-state index in [9.17, 15) is 4.79 Å². The third-order valence-corrected chi connectivity index (χ3v) is 5.33. The van der Waals surface area contributed by atoms with Crippen LogP contribution in [0.3, 0.4) is 0 Å². The van der Waals surface area contributed by atoms with Crippen molar-refractivity contribution in [3.8, 4) is 0 Å². The minimum absolute atomic E-state index is 0.0322. The highest BCUT2D eigenvalue weighted by Gasteiger charge is 2.27. The number of benzene rings is 1. The van der Waals surface area contributed by atoms with Gasteiger partial charge in [-0.05, 0) is 51.1 Å². The minimum atomic E-state index is -0.231. The van der Waals surface area contributed by atoms with Crippen molar-refractivity contribution in [2.45, 2.75) is 25.8 Å². The summed E-state index contributed by atoms with van der Waals surface area (Å²) in [5.74, 6) is 0.954. The molecule has 1 aliphatic rings. The van der Waals surface area contributed by atoms with Gasteiger partial charge in [0.2, 0.25) is 0 Å². The highest BCUT2D eigenvalue weighted by Crippen LogP contribution is 2.31. The second-order valence-corrected chi connectivity index (χ2v) is 7.06. The first-order chi connectivity index (χ1) is 12.6. The number of furan rings is 2. The number of rotatable bonds is 5. The Morgan fingerprint density at radius 3 is 2.77 bits per heavy atom. The smallest absolute Gasteiger partial charge is 0.287 e. The van der Waals surface area contributed by atoms with E-state index in [0.29, 0.717) is 22.9 Å². The molecule has 3 aromatic rings. The molecule has 4 rings (SSSR count). The van der Waals surface area contributed by atoms with Crippen LogP contribution in [0.1, 0.15) is 40.8 Å². The number of aryl methyl sites for hydroxylation is 1. The molecule has 1 aliphatic heterocycles. The van der Waals surface area contributed by atoms with Gasteiger partial charge in [0.05, 0.1) is 17.3 Å². The van der Waals surface area contributed by atoms with E-state index in [2.05, 4.69) is 10.2 Å². The predicted octanol–water partition coefficient (Wildman–Crippen LogP) is 4.55. The molecule has 1 N–H and O–H groups in total. The molecule has 3 heterocycles. The van der Waals surface area contributed by atoms with E-state index in [-0.39, 0.29) is 11.9 Å². The lowest BCUT2D eigenvalue weighted by molar-refractivity contribution is 0.0907. The Labute approximate surface area is 156 Å². The number of nitrogens with one attached hydrogen (secondary N) is 1. The van der Waals surface area contributed by atoms with Crippen LogP contribution in [-0.4, -0.2) is 30.4 Å². The molecule has 136 valence electrons. The van der Waals surface area contributed by atoms with Crippen molar-refractivity contribution in [2.75, 3.05) is 19.6 Å². The standard InChI is InChI=1S/C20H21ClN2O3/c1-13-14-6-4-7-15(21)19(14)26-18(13)20(24)22-12-16(17-8-5-11-25-17)23-9-2-3-10-23/h4-8,11,16H,2-3,9-10,12H2,1H3,(H,22,24). The van der Waals surface area contributed by atoms with Crippen LogP contribution >= 0.6 is 11.6 Å². The van der Waals surface area contributed by atoms with Gasteiger partial charge in [0.25, 0.3) is 5.91 Å². The largest absolute Gasteiger partial charge is 0.468 e. The van der Waals surface area contributed by atoms with Gasteiger partial charge in [-0.25, -0.2) is 0 Å². The van der Waals surface area contributed by atoms with Crippen LogP contribution in [0.5, 0.6) is 0 Å². The van der Waals surface area contributed by atoms with Gasteiger partial charge in [0.1, 0.15) is 5.76 Å². The zero-order valence-electron chi connectivity index (χ0n) is 14.6. The van der Waals surface area contributed by atoms with E-state index in [1.807, 2.05) is 31.2 Å². The van der Waals surface area contributed by atoms with Gasteiger partial charge in [-0.2, -0.15) is 0 Å². The van der Waals surface area contributed by atoms with E-state index in [1.54, 1.807) is 12.3 Å². The first kappa shape index (κ1) is 17.2. The van der Waals surface area contributed by atoms with Gasteiger partial charge < -0.3 is 14.2 Å². The lowest BCUT2D eigenvalue weighted by atomic mass is 10.1. The normalized spacial score (nSPS) is 16.2. The number of hydrogen-bond donors (Lipinski definition) is 1. The van der Waals surface area contributed by atoms with Crippen LogP contribution in [0.25, 0.3) is 11.0 Å². The molecule has 0 spiro atoms. The lowest BCUT2D eigenvalue weighted by Gasteiger charge is -2.25. The third-order valence-electron chi connectivity index (χ3n) is 5.03. The number of para-hydroxylation sites is 1. The Hall–Kier alpha value is -2.24. The van der Waals surface area contributed by atoms with Crippen molar-refractivity contribution < 1.29 is 13.6 Å². The summed E-state index contributed by atoms with van der Waals surface area (Å²) in [6.07, 6.45) is 4.02. The Morgan fingerprint density at radius 1 is 1.27 bits per heavy atom. The molecular weight excluding hydrogens is 352 g/mol. The second-order valence-electron chi connectivity index (χ2n) is 6.66. The minimum Gasteiger partial charge on any atom is -0.468 e. The van der Waals surface area contributed by atoms with Crippen LogP contribution in [0.4, 0.5) is 0 Å². The van der Waals surface area contributed by atoms with Crippen LogP contribution in [-0.2, 0) is 0 Å². The molecule has 1 amide bonds. The van der Waals surface area contributed by atoms with Crippen LogP contribution in [0.15, 0.2) is 45.4 Å². The van der Waals surface area contributed by atoms with E-state index in [4.69, 9.17) is 20.4 Å². The molecule has 26 heavy (non-hydrogen) atoms. The Bertz CT molecular complexity index is 911. The first-order valence-corrected chi connectivity index (χ1v) is 9.26. The van der Waals surface area contributed by atoms with Gasteiger partial charge in [0, 0.05) is 17.5 Å². The van der Waals surface area contributed by atoms with Crippen LogP contribution in [0.2, 0.25) is 5.02 Å². The molecule has 0 radical (unpaired) electrons. The summed E-state index contributed by atoms with van der Waals surface area (Å²) in [4.78, 5) is 15.1. The zero-order chi connectivity index (χ0) is 18.1. The number of carbonyl (C=O) groups excluding carboxylic acids is 1. The number of amides is 1. The van der Waals surface area contributed by atoms with Gasteiger partial charge >= 0.3 is 0 Å². The summed E-state index contributed by atoms with van der Waals surface area (Å²) in [5, 5.41) is 4.38. The molecule has 1 aromatic carbocycles. The summed E-state index contributed by atoms with van der Waals surface area (Å²) < 4.78 is 11.4. The summed E-state index contributed by atoms with van der Waals surface area (Å²) >= 11 is 6.18. The average Bonchev–Trinajstić information content (AvgIpc) is 3.38. The van der Waals surface area contributed by atoms with Crippen molar-refractivity contribution in [2.24, 2.45) is 0 Å². The van der Waals surface area contributed by atoms with E-state index in [1.165, 1.54) is 12.8 Å². The molecule has 0 bridgehead atoms. The molecule has 0 aliphatic carbocycles. The lowest BCUT2D eigenvalue weighted by Crippen LogP contribution is -2.36. The average molecular weight is 373 g/mol. The number of likely N-dealkylation sites (tertiary alicyclic amines) is 1. The first-order valence-electron chi connectivity index (χ1n) is 8.88. The molecule has 2 aromatic heterocycles. The van der Waals surface area contributed by atoms with Crippen molar-refractivity contribution in [3.05, 3.63) is 58.7 Å². The van der Waals surface area contributed by atoms with Crippen molar-refractivity contribution in [1.82, 2.24) is 10.2 Å². The number of fused-ring (bicyclic) bond motifs is 1. The third kappa shape index (κ3) is 3.13. The Morgan fingerprint density at radius 2 is 2.08 bits per heavy atom. The Kier molecular flexibility index (Phi) is 4.74. The van der Waals surface area contributed by atoms with Crippen molar-refractivity contribution >= 4 is 28.5 Å². The fourth-order valence-corrected chi connectivity index (χ4v) is 3.85. The quantitative estimate of drug-likeness (QED) is 0.713. The molecule has 5 nitrogen and oxygen atoms in total. The zero-order valence-corrected chi connectivity index (χ0v) is 15.4.